The summed E-state index contributed by atoms with van der Waals surface area (Å²) in [6, 6.07) is 5.29. The Balaban J connectivity index is 2.32. The number of rotatable bonds is 2. The van der Waals surface area contributed by atoms with Crippen LogP contribution in [0.5, 0.6) is 5.75 Å². The van der Waals surface area contributed by atoms with Crippen LogP contribution in [0.2, 0.25) is 0 Å². The van der Waals surface area contributed by atoms with Crippen molar-refractivity contribution in [3.05, 3.63) is 28.2 Å². The minimum Gasteiger partial charge on any atom is -0.508 e. The fraction of sp³-hybridized carbons (Fsp3) is 0.417. The van der Waals surface area contributed by atoms with Crippen LogP contribution in [0.3, 0.4) is 0 Å². The molecule has 3 nitrogen and oxygen atoms in total. The maximum absolute atomic E-state index is 9.44. The number of hydrogen-bond acceptors (Lipinski definition) is 3. The Morgan fingerprint density at radius 2 is 2.25 bits per heavy atom. The number of aromatic hydroxyl groups is 1. The molecule has 4 heteroatoms. The first-order valence-electron chi connectivity index (χ1n) is 5.27. The van der Waals surface area contributed by atoms with E-state index in [0.29, 0.717) is 18.4 Å². The molecule has 0 aliphatic carbocycles. The third-order valence-electron chi connectivity index (χ3n) is 2.62. The van der Waals surface area contributed by atoms with Gasteiger partial charge in [-0.05, 0) is 40.0 Å². The minimum atomic E-state index is 0.212. The Kier molecular flexibility index (Phi) is 3.19. The van der Waals surface area contributed by atoms with Crippen molar-refractivity contribution >= 4 is 21.8 Å². The van der Waals surface area contributed by atoms with Crippen molar-refractivity contribution in [1.29, 1.82) is 0 Å². The zero-order valence-corrected chi connectivity index (χ0v) is 10.9. The molecule has 1 N–H and O–H groups in total. The monoisotopic (exact) mass is 283 g/mol. The van der Waals surface area contributed by atoms with Crippen LogP contribution in [-0.4, -0.2) is 23.7 Å². The summed E-state index contributed by atoms with van der Waals surface area (Å²) in [5.74, 6) is 1.30. The number of aliphatic imine (C=N–C) groups is 1. The van der Waals surface area contributed by atoms with Crippen LogP contribution in [-0.2, 0) is 4.74 Å². The Bertz CT molecular complexity index is 429. The van der Waals surface area contributed by atoms with E-state index < -0.39 is 0 Å². The predicted molar refractivity (Wildman–Crippen MR) is 66.9 cm³/mol. The van der Waals surface area contributed by atoms with Gasteiger partial charge >= 0.3 is 0 Å². The first-order valence-corrected chi connectivity index (χ1v) is 6.06. The van der Waals surface area contributed by atoms with Gasteiger partial charge in [-0.15, -0.1) is 0 Å². The van der Waals surface area contributed by atoms with Crippen molar-refractivity contribution in [2.45, 2.75) is 19.9 Å². The van der Waals surface area contributed by atoms with Crippen molar-refractivity contribution in [2.75, 3.05) is 6.61 Å². The number of ether oxygens (including phenoxy) is 1. The van der Waals surface area contributed by atoms with Crippen molar-refractivity contribution in [3.63, 3.8) is 0 Å². The second-order valence-electron chi connectivity index (χ2n) is 4.22. The van der Waals surface area contributed by atoms with Gasteiger partial charge < -0.3 is 9.84 Å². The molecule has 1 aromatic rings. The molecule has 0 saturated heterocycles. The van der Waals surface area contributed by atoms with E-state index in [9.17, 15) is 5.11 Å². The molecule has 0 saturated carbocycles. The number of benzene rings is 1. The maximum Gasteiger partial charge on any atom is 0.217 e. The standard InChI is InChI=1S/C12H14BrNO2/c1-7(2)11-6-16-12(14-11)9-5-8(15)3-4-10(9)13/h3-5,7,11,15H,6H2,1-2H3. The number of phenols is 1. The quantitative estimate of drug-likeness (QED) is 0.907. The average Bonchev–Trinajstić information content (AvgIpc) is 2.70. The summed E-state index contributed by atoms with van der Waals surface area (Å²) >= 11 is 3.43. The van der Waals surface area contributed by atoms with Crippen LogP contribution >= 0.6 is 15.9 Å². The normalized spacial score (nSPS) is 19.8. The van der Waals surface area contributed by atoms with Gasteiger partial charge in [0.25, 0.3) is 0 Å². The first-order chi connectivity index (χ1) is 7.58. The highest BCUT2D eigenvalue weighted by Crippen LogP contribution is 2.26. The number of halogens is 1. The molecular weight excluding hydrogens is 270 g/mol. The van der Waals surface area contributed by atoms with Gasteiger partial charge in [-0.25, -0.2) is 4.99 Å². The molecule has 16 heavy (non-hydrogen) atoms. The summed E-state index contributed by atoms with van der Waals surface area (Å²) in [7, 11) is 0. The van der Waals surface area contributed by atoms with Gasteiger partial charge in [-0.2, -0.15) is 0 Å². The molecule has 1 unspecified atom stereocenters. The lowest BCUT2D eigenvalue weighted by Crippen LogP contribution is -2.13. The lowest BCUT2D eigenvalue weighted by Gasteiger charge is -2.06. The Morgan fingerprint density at radius 3 is 2.88 bits per heavy atom. The van der Waals surface area contributed by atoms with Gasteiger partial charge in [0.2, 0.25) is 5.90 Å². The topological polar surface area (TPSA) is 41.8 Å². The zero-order valence-electron chi connectivity index (χ0n) is 9.27. The van der Waals surface area contributed by atoms with Crippen LogP contribution in [0.15, 0.2) is 27.7 Å². The highest BCUT2D eigenvalue weighted by atomic mass is 79.9. The molecule has 1 aliphatic heterocycles. The molecule has 1 aliphatic rings. The van der Waals surface area contributed by atoms with Gasteiger partial charge in [0.1, 0.15) is 12.4 Å². The van der Waals surface area contributed by atoms with Crippen LogP contribution in [0.1, 0.15) is 19.4 Å². The lowest BCUT2D eigenvalue weighted by molar-refractivity contribution is 0.291. The predicted octanol–water partition coefficient (Wildman–Crippen LogP) is 2.96. The van der Waals surface area contributed by atoms with Crippen LogP contribution in [0, 0.1) is 5.92 Å². The van der Waals surface area contributed by atoms with Gasteiger partial charge in [-0.3, -0.25) is 0 Å². The molecule has 0 amide bonds. The summed E-state index contributed by atoms with van der Waals surface area (Å²) in [4.78, 5) is 4.51. The molecular formula is C12H14BrNO2. The SMILES string of the molecule is CC(C)C1COC(c2cc(O)ccc2Br)=N1. The van der Waals surface area contributed by atoms with Crippen LogP contribution in [0.25, 0.3) is 0 Å². The van der Waals surface area contributed by atoms with E-state index >= 15 is 0 Å². The van der Waals surface area contributed by atoms with Crippen LogP contribution in [0.4, 0.5) is 0 Å². The third-order valence-corrected chi connectivity index (χ3v) is 3.32. The number of phenolic OH excluding ortho intramolecular Hbond substituents is 1. The van der Waals surface area contributed by atoms with Gasteiger partial charge in [-0.1, -0.05) is 13.8 Å². The Labute approximate surface area is 103 Å². The molecule has 86 valence electrons. The Hall–Kier alpha value is -1.03. The molecule has 1 heterocycles. The number of nitrogens with zero attached hydrogens (tertiary/aromatic N) is 1. The first kappa shape index (κ1) is 11.5. The van der Waals surface area contributed by atoms with Crippen molar-refractivity contribution in [2.24, 2.45) is 10.9 Å². The number of hydrogen-bond donors (Lipinski definition) is 1. The molecule has 0 fully saturated rings. The van der Waals surface area contributed by atoms with E-state index in [-0.39, 0.29) is 11.8 Å². The lowest BCUT2D eigenvalue weighted by atomic mass is 10.1. The minimum absolute atomic E-state index is 0.212. The van der Waals surface area contributed by atoms with E-state index in [4.69, 9.17) is 4.74 Å². The smallest absolute Gasteiger partial charge is 0.217 e. The van der Waals surface area contributed by atoms with E-state index in [1.807, 2.05) is 0 Å². The fourth-order valence-corrected chi connectivity index (χ4v) is 1.97. The van der Waals surface area contributed by atoms with Crippen molar-refractivity contribution < 1.29 is 9.84 Å². The molecule has 0 bridgehead atoms. The van der Waals surface area contributed by atoms with Gasteiger partial charge in [0.15, 0.2) is 0 Å². The van der Waals surface area contributed by atoms with E-state index in [0.717, 1.165) is 10.0 Å². The second kappa shape index (κ2) is 4.45. The molecule has 2 rings (SSSR count). The van der Waals surface area contributed by atoms with Crippen LogP contribution < -0.4 is 0 Å². The summed E-state index contributed by atoms with van der Waals surface area (Å²) in [5, 5.41) is 9.44. The second-order valence-corrected chi connectivity index (χ2v) is 5.08. The fourth-order valence-electron chi connectivity index (χ4n) is 1.56. The highest BCUT2D eigenvalue weighted by Gasteiger charge is 2.24. The van der Waals surface area contributed by atoms with Gasteiger partial charge in [0, 0.05) is 4.47 Å². The molecule has 1 atom stereocenters. The zero-order chi connectivity index (χ0) is 11.7. The van der Waals surface area contributed by atoms with Gasteiger partial charge in [0.05, 0.1) is 11.6 Å². The van der Waals surface area contributed by atoms with E-state index in [2.05, 4.69) is 34.8 Å². The van der Waals surface area contributed by atoms with Crippen molar-refractivity contribution in [3.8, 4) is 5.75 Å². The van der Waals surface area contributed by atoms with E-state index in [1.54, 1.807) is 18.2 Å². The average molecular weight is 284 g/mol. The highest BCUT2D eigenvalue weighted by molar-refractivity contribution is 9.10. The van der Waals surface area contributed by atoms with Crippen molar-refractivity contribution in [1.82, 2.24) is 0 Å². The maximum atomic E-state index is 9.44. The van der Waals surface area contributed by atoms with E-state index in [1.165, 1.54) is 0 Å². The summed E-state index contributed by atoms with van der Waals surface area (Å²) in [5.41, 5.74) is 0.808. The third kappa shape index (κ3) is 2.21. The summed E-state index contributed by atoms with van der Waals surface area (Å²) in [6.45, 7) is 4.87. The molecule has 0 aromatic heterocycles. The molecule has 0 spiro atoms. The largest absolute Gasteiger partial charge is 0.508 e. The summed E-state index contributed by atoms with van der Waals surface area (Å²) in [6.07, 6.45) is 0. The summed E-state index contributed by atoms with van der Waals surface area (Å²) < 4.78 is 6.44. The molecule has 0 radical (unpaired) electrons. The molecule has 1 aromatic carbocycles. The Morgan fingerprint density at radius 1 is 1.50 bits per heavy atom.